The van der Waals surface area contributed by atoms with Crippen molar-refractivity contribution in [1.29, 1.82) is 0 Å². The minimum absolute atomic E-state index is 0.0931. The van der Waals surface area contributed by atoms with Crippen LogP contribution in [0, 0.1) is 24.0 Å². The molecule has 24 heavy (non-hydrogen) atoms. The molecule has 1 heterocycles. The smallest absolute Gasteiger partial charge is 0.312 e. The third-order valence-electron chi connectivity index (χ3n) is 3.45. The molecule has 1 aromatic heterocycles. The number of carbonyl (C=O) groups is 2. The molecule has 9 nitrogen and oxygen atoms in total. The van der Waals surface area contributed by atoms with Gasteiger partial charge >= 0.3 is 5.69 Å². The average molecular weight is 331 g/mol. The number of carbonyl (C=O) groups excluding carboxylic acids is 2. The van der Waals surface area contributed by atoms with Crippen LogP contribution in [0.5, 0.6) is 0 Å². The molecule has 0 atom stereocenters. The van der Waals surface area contributed by atoms with Crippen molar-refractivity contribution in [3.05, 3.63) is 51.3 Å². The number of rotatable bonds is 5. The number of nitrogens with one attached hydrogen (secondary N) is 2. The topological polar surface area (TPSA) is 119 Å². The lowest BCUT2D eigenvalue weighted by atomic mass is 10.2. The number of aromatic nitrogens is 2. The summed E-state index contributed by atoms with van der Waals surface area (Å²) >= 11 is 0. The zero-order valence-electron chi connectivity index (χ0n) is 13.5. The highest BCUT2D eigenvalue weighted by atomic mass is 16.6. The Morgan fingerprint density at radius 1 is 1.33 bits per heavy atom. The maximum atomic E-state index is 12.1. The minimum atomic E-state index is -0.515. The van der Waals surface area contributed by atoms with Crippen LogP contribution < -0.4 is 10.6 Å². The second-order valence-corrected chi connectivity index (χ2v) is 5.14. The zero-order chi connectivity index (χ0) is 17.9. The number of hydrogen-bond acceptors (Lipinski definition) is 5. The predicted octanol–water partition coefficient (Wildman–Crippen LogP) is 1.41. The van der Waals surface area contributed by atoms with Crippen molar-refractivity contribution in [1.82, 2.24) is 15.1 Å². The van der Waals surface area contributed by atoms with Crippen molar-refractivity contribution in [2.75, 3.05) is 12.4 Å². The largest absolute Gasteiger partial charge is 0.355 e. The average Bonchev–Trinajstić information content (AvgIpc) is 2.80. The molecule has 1 aromatic carbocycles. The van der Waals surface area contributed by atoms with Crippen LogP contribution in [-0.2, 0) is 11.3 Å². The number of amides is 2. The number of nitrogens with zero attached hydrogens (tertiary/aromatic N) is 3. The molecule has 0 aliphatic heterocycles. The summed E-state index contributed by atoms with van der Waals surface area (Å²) in [6, 6.07) is 6.46. The minimum Gasteiger partial charge on any atom is -0.355 e. The van der Waals surface area contributed by atoms with Crippen LogP contribution in [-0.4, -0.2) is 33.6 Å². The highest BCUT2D eigenvalue weighted by Gasteiger charge is 2.22. The Bertz CT molecular complexity index is 812. The fraction of sp³-hybridized carbons (Fsp3) is 0.267. The van der Waals surface area contributed by atoms with E-state index >= 15 is 0 Å². The van der Waals surface area contributed by atoms with Gasteiger partial charge in [-0.05, 0) is 32.0 Å². The zero-order valence-corrected chi connectivity index (χ0v) is 13.5. The van der Waals surface area contributed by atoms with Crippen LogP contribution in [0.15, 0.2) is 24.3 Å². The van der Waals surface area contributed by atoms with Gasteiger partial charge in [-0.15, -0.1) is 0 Å². The van der Waals surface area contributed by atoms with Gasteiger partial charge in [-0.25, -0.2) is 0 Å². The first kappa shape index (κ1) is 17.1. The van der Waals surface area contributed by atoms with Crippen LogP contribution in [0.1, 0.15) is 21.7 Å². The van der Waals surface area contributed by atoms with E-state index in [0.29, 0.717) is 16.9 Å². The maximum absolute atomic E-state index is 12.1. The molecule has 2 N–H and O–H groups in total. The van der Waals surface area contributed by atoms with Gasteiger partial charge in [-0.2, -0.15) is 5.10 Å². The highest BCUT2D eigenvalue weighted by molar-refractivity contribution is 5.97. The van der Waals surface area contributed by atoms with E-state index < -0.39 is 10.8 Å². The van der Waals surface area contributed by atoms with E-state index in [0.717, 1.165) is 0 Å². The van der Waals surface area contributed by atoms with Crippen LogP contribution in [0.2, 0.25) is 0 Å². The lowest BCUT2D eigenvalue weighted by Crippen LogP contribution is -2.21. The lowest BCUT2D eigenvalue weighted by molar-refractivity contribution is -0.386. The molecule has 2 amide bonds. The van der Waals surface area contributed by atoms with E-state index in [2.05, 4.69) is 15.7 Å². The van der Waals surface area contributed by atoms with E-state index in [1.54, 1.807) is 24.3 Å². The van der Waals surface area contributed by atoms with Crippen molar-refractivity contribution in [2.24, 2.45) is 0 Å². The molecule has 0 unspecified atom stereocenters. The molecule has 0 bridgehead atoms. The lowest BCUT2D eigenvalue weighted by Gasteiger charge is -2.08. The Labute approximate surface area is 137 Å². The predicted molar refractivity (Wildman–Crippen MR) is 86.8 cm³/mol. The molecule has 9 heteroatoms. The quantitative estimate of drug-likeness (QED) is 0.634. The summed E-state index contributed by atoms with van der Waals surface area (Å²) in [5.41, 5.74) is 1.34. The normalized spacial score (nSPS) is 10.3. The third-order valence-corrected chi connectivity index (χ3v) is 3.45. The van der Waals surface area contributed by atoms with Crippen LogP contribution >= 0.6 is 0 Å². The van der Waals surface area contributed by atoms with Gasteiger partial charge in [0.15, 0.2) is 0 Å². The summed E-state index contributed by atoms with van der Waals surface area (Å²) in [5.74, 6) is -0.662. The molecular formula is C15H17N5O4. The third kappa shape index (κ3) is 3.57. The number of benzene rings is 1. The SMILES string of the molecule is CNC(=O)c1cccc(NC(=O)Cn2nc(C)c([N+](=O)[O-])c2C)c1. The molecule has 0 saturated carbocycles. The number of anilines is 1. The summed E-state index contributed by atoms with van der Waals surface area (Å²) in [5, 5.41) is 20.1. The van der Waals surface area contributed by atoms with Crippen LogP contribution in [0.4, 0.5) is 11.4 Å². The Kier molecular flexibility index (Phi) is 4.93. The van der Waals surface area contributed by atoms with E-state index in [4.69, 9.17) is 0 Å². The molecule has 0 aliphatic carbocycles. The maximum Gasteiger partial charge on any atom is 0.312 e. The van der Waals surface area contributed by atoms with Gasteiger partial charge in [0.1, 0.15) is 17.9 Å². The molecule has 0 spiro atoms. The molecule has 2 aromatic rings. The molecular weight excluding hydrogens is 314 g/mol. The van der Waals surface area contributed by atoms with E-state index in [9.17, 15) is 19.7 Å². The van der Waals surface area contributed by atoms with Crippen LogP contribution in [0.3, 0.4) is 0 Å². The van der Waals surface area contributed by atoms with Crippen molar-refractivity contribution < 1.29 is 14.5 Å². The monoisotopic (exact) mass is 331 g/mol. The number of nitro groups is 1. The van der Waals surface area contributed by atoms with Crippen molar-refractivity contribution in [2.45, 2.75) is 20.4 Å². The standard InChI is InChI=1S/C15H17N5O4/c1-9-14(20(23)24)10(2)19(18-9)8-13(21)17-12-6-4-5-11(7-12)15(22)16-3/h4-7H,8H2,1-3H3,(H,16,22)(H,17,21). The van der Waals surface area contributed by atoms with Gasteiger partial charge in [0.25, 0.3) is 5.91 Å². The van der Waals surface area contributed by atoms with Crippen LogP contribution in [0.25, 0.3) is 0 Å². The fourth-order valence-electron chi connectivity index (χ4n) is 2.32. The second-order valence-electron chi connectivity index (χ2n) is 5.14. The Hall–Kier alpha value is -3.23. The summed E-state index contributed by atoms with van der Waals surface area (Å²) in [6.07, 6.45) is 0. The molecule has 0 fully saturated rings. The molecule has 0 radical (unpaired) electrons. The molecule has 0 saturated heterocycles. The van der Waals surface area contributed by atoms with Crippen molar-refractivity contribution >= 4 is 23.2 Å². The van der Waals surface area contributed by atoms with Crippen molar-refractivity contribution in [3.8, 4) is 0 Å². The first-order chi connectivity index (χ1) is 11.3. The van der Waals surface area contributed by atoms with E-state index in [1.807, 2.05) is 0 Å². The first-order valence-corrected chi connectivity index (χ1v) is 7.14. The number of hydrogen-bond donors (Lipinski definition) is 2. The van der Waals surface area contributed by atoms with E-state index in [-0.39, 0.29) is 23.8 Å². The molecule has 0 aliphatic rings. The van der Waals surface area contributed by atoms with Crippen molar-refractivity contribution in [3.63, 3.8) is 0 Å². The second kappa shape index (κ2) is 6.90. The van der Waals surface area contributed by atoms with Gasteiger partial charge in [-0.1, -0.05) is 6.07 Å². The van der Waals surface area contributed by atoms with E-state index in [1.165, 1.54) is 25.6 Å². The van der Waals surface area contributed by atoms with Gasteiger partial charge in [0.05, 0.1) is 4.92 Å². The van der Waals surface area contributed by atoms with Gasteiger partial charge in [-0.3, -0.25) is 24.4 Å². The van der Waals surface area contributed by atoms with Gasteiger partial charge in [0, 0.05) is 18.3 Å². The highest BCUT2D eigenvalue weighted by Crippen LogP contribution is 2.21. The Morgan fingerprint density at radius 2 is 2.04 bits per heavy atom. The van der Waals surface area contributed by atoms with Gasteiger partial charge < -0.3 is 10.6 Å². The summed E-state index contributed by atoms with van der Waals surface area (Å²) in [7, 11) is 1.52. The summed E-state index contributed by atoms with van der Waals surface area (Å²) in [4.78, 5) is 34.2. The number of aryl methyl sites for hydroxylation is 1. The summed E-state index contributed by atoms with van der Waals surface area (Å²) in [6.45, 7) is 2.90. The molecule has 126 valence electrons. The summed E-state index contributed by atoms with van der Waals surface area (Å²) < 4.78 is 1.28. The molecule has 2 rings (SSSR count). The first-order valence-electron chi connectivity index (χ1n) is 7.14. The Balaban J connectivity index is 2.13. The Morgan fingerprint density at radius 3 is 2.62 bits per heavy atom. The fourth-order valence-corrected chi connectivity index (χ4v) is 2.32. The van der Waals surface area contributed by atoms with Gasteiger partial charge in [0.2, 0.25) is 5.91 Å².